The van der Waals surface area contributed by atoms with Crippen LogP contribution >= 0.6 is 28.3 Å². The van der Waals surface area contributed by atoms with Gasteiger partial charge in [0.25, 0.3) is 0 Å². The molecule has 0 aromatic heterocycles. The van der Waals surface area contributed by atoms with Crippen molar-refractivity contribution >= 4 is 28.3 Å². The third-order valence-electron chi connectivity index (χ3n) is 2.76. The summed E-state index contributed by atoms with van der Waals surface area (Å²) in [6.45, 7) is 2.68. The second kappa shape index (κ2) is 5.89. The Morgan fingerprint density at radius 2 is 2.19 bits per heavy atom. The van der Waals surface area contributed by atoms with E-state index in [1.54, 1.807) is 0 Å². The average molecular weight is 307 g/mol. The highest BCUT2D eigenvalue weighted by atomic mass is 79.9. The van der Waals surface area contributed by atoms with Crippen LogP contribution in [0.3, 0.4) is 0 Å². The number of nitrogens with two attached hydrogens (primary N) is 1. The summed E-state index contributed by atoms with van der Waals surface area (Å²) in [5, 5.41) is 0. The summed E-state index contributed by atoms with van der Waals surface area (Å²) < 4.78 is 6.66. The summed E-state index contributed by atoms with van der Waals surface area (Å²) in [7, 11) is 0. The summed E-state index contributed by atoms with van der Waals surface area (Å²) in [4.78, 5) is 0. The molecule has 0 bridgehead atoms. The Labute approximate surface area is 111 Å². The van der Waals surface area contributed by atoms with Crippen molar-refractivity contribution in [1.29, 1.82) is 0 Å². The van der Waals surface area contributed by atoms with Crippen molar-refractivity contribution in [2.24, 2.45) is 11.7 Å². The Kier molecular flexibility index (Phi) is 5.09. The maximum Gasteiger partial charge on any atom is 0.124 e. The van der Waals surface area contributed by atoms with Crippen LogP contribution in [0.1, 0.15) is 31.4 Å². The predicted molar refractivity (Wildman–Crippen MR) is 72.2 cm³/mol. The molecule has 0 amide bonds. The van der Waals surface area contributed by atoms with Crippen LogP contribution in [-0.4, -0.2) is 6.61 Å². The van der Waals surface area contributed by atoms with E-state index in [9.17, 15) is 0 Å². The van der Waals surface area contributed by atoms with Gasteiger partial charge < -0.3 is 10.5 Å². The fourth-order valence-corrected chi connectivity index (χ4v) is 2.15. The Bertz CT molecular complexity index is 355. The summed E-state index contributed by atoms with van der Waals surface area (Å²) in [5.74, 6) is 1.58. The normalized spacial score (nSPS) is 16.4. The molecule has 4 heteroatoms. The second-order valence-electron chi connectivity index (χ2n) is 3.98. The van der Waals surface area contributed by atoms with E-state index >= 15 is 0 Å². The first kappa shape index (κ1) is 13.8. The van der Waals surface area contributed by atoms with Crippen LogP contribution in [0.4, 0.5) is 0 Å². The molecule has 16 heavy (non-hydrogen) atoms. The zero-order valence-electron chi connectivity index (χ0n) is 9.28. The van der Waals surface area contributed by atoms with E-state index in [2.05, 4.69) is 22.0 Å². The minimum absolute atomic E-state index is 0. The van der Waals surface area contributed by atoms with Crippen molar-refractivity contribution in [1.82, 2.24) is 0 Å². The smallest absolute Gasteiger partial charge is 0.124 e. The molecule has 2 nitrogen and oxygen atoms in total. The van der Waals surface area contributed by atoms with E-state index in [1.807, 2.05) is 19.1 Å². The van der Waals surface area contributed by atoms with Crippen LogP contribution in [0.5, 0.6) is 5.75 Å². The molecule has 2 rings (SSSR count). The Balaban J connectivity index is 0.00000128. The lowest BCUT2D eigenvalue weighted by atomic mass is 10.0. The Hall–Kier alpha value is -0.250. The molecule has 1 aromatic carbocycles. The molecule has 0 unspecified atom stereocenters. The van der Waals surface area contributed by atoms with E-state index in [1.165, 1.54) is 12.8 Å². The first-order valence-electron chi connectivity index (χ1n) is 5.40. The van der Waals surface area contributed by atoms with Gasteiger partial charge in [0.2, 0.25) is 0 Å². The van der Waals surface area contributed by atoms with Gasteiger partial charge in [-0.15, -0.1) is 12.4 Å². The lowest BCUT2D eigenvalue weighted by molar-refractivity contribution is 0.332. The number of rotatable bonds is 4. The third-order valence-corrected chi connectivity index (χ3v) is 3.25. The number of benzene rings is 1. The minimum atomic E-state index is 0. The largest absolute Gasteiger partial charge is 0.494 e. The highest BCUT2D eigenvalue weighted by molar-refractivity contribution is 9.10. The van der Waals surface area contributed by atoms with Crippen LogP contribution in [0, 0.1) is 5.92 Å². The van der Waals surface area contributed by atoms with Crippen molar-refractivity contribution in [2.75, 3.05) is 6.61 Å². The second-order valence-corrected chi connectivity index (χ2v) is 4.89. The van der Waals surface area contributed by atoms with Gasteiger partial charge in [0, 0.05) is 16.1 Å². The molecule has 0 heterocycles. The lowest BCUT2D eigenvalue weighted by Crippen LogP contribution is -2.14. The molecule has 90 valence electrons. The molecule has 0 spiro atoms. The Morgan fingerprint density at radius 1 is 1.50 bits per heavy atom. The van der Waals surface area contributed by atoms with E-state index in [-0.39, 0.29) is 18.4 Å². The molecule has 1 fully saturated rings. The van der Waals surface area contributed by atoms with Crippen molar-refractivity contribution in [2.45, 2.75) is 25.8 Å². The summed E-state index contributed by atoms with van der Waals surface area (Å²) in [6, 6.07) is 6.19. The zero-order valence-corrected chi connectivity index (χ0v) is 11.7. The molecule has 1 atom stereocenters. The molecule has 0 radical (unpaired) electrons. The van der Waals surface area contributed by atoms with Crippen molar-refractivity contribution in [3.63, 3.8) is 0 Å². The number of hydrogen-bond donors (Lipinski definition) is 1. The first-order valence-corrected chi connectivity index (χ1v) is 6.19. The van der Waals surface area contributed by atoms with Crippen LogP contribution in [0.2, 0.25) is 0 Å². The van der Waals surface area contributed by atoms with Crippen molar-refractivity contribution in [3.05, 3.63) is 28.2 Å². The third kappa shape index (κ3) is 3.12. The number of hydrogen-bond acceptors (Lipinski definition) is 2. The topological polar surface area (TPSA) is 35.2 Å². The molecule has 2 N–H and O–H groups in total. The molecule has 0 saturated heterocycles. The van der Waals surface area contributed by atoms with Crippen LogP contribution in [0.15, 0.2) is 22.7 Å². The standard InChI is InChI=1S/C12H16BrNO.ClH/c1-2-15-11-6-5-9(13)7-10(11)12(14)8-3-4-8;/h5-8,12H,2-4,14H2,1H3;1H/t12-;/m1./s1. The number of ether oxygens (including phenoxy) is 1. The highest BCUT2D eigenvalue weighted by Crippen LogP contribution is 2.42. The van der Waals surface area contributed by atoms with Gasteiger partial charge in [0.1, 0.15) is 5.75 Å². The summed E-state index contributed by atoms with van der Waals surface area (Å²) in [5.41, 5.74) is 7.33. The van der Waals surface area contributed by atoms with Gasteiger partial charge in [0.05, 0.1) is 6.61 Å². The van der Waals surface area contributed by atoms with Crippen molar-refractivity contribution < 1.29 is 4.74 Å². The van der Waals surface area contributed by atoms with Gasteiger partial charge >= 0.3 is 0 Å². The quantitative estimate of drug-likeness (QED) is 0.921. The SMILES string of the molecule is CCOc1ccc(Br)cc1[C@H](N)C1CC1.Cl. The summed E-state index contributed by atoms with van der Waals surface area (Å²) in [6.07, 6.45) is 2.50. The fourth-order valence-electron chi connectivity index (χ4n) is 1.78. The van der Waals surface area contributed by atoms with Gasteiger partial charge in [-0.1, -0.05) is 15.9 Å². The van der Waals surface area contributed by atoms with Crippen LogP contribution in [0.25, 0.3) is 0 Å². The maximum absolute atomic E-state index is 6.20. The molecular formula is C12H17BrClNO. The van der Waals surface area contributed by atoms with Crippen LogP contribution in [-0.2, 0) is 0 Å². The molecule has 1 aliphatic carbocycles. The van der Waals surface area contributed by atoms with Gasteiger partial charge in [-0.3, -0.25) is 0 Å². The molecule has 0 aliphatic heterocycles. The van der Waals surface area contributed by atoms with E-state index in [4.69, 9.17) is 10.5 Å². The van der Waals surface area contributed by atoms with Gasteiger partial charge in [-0.05, 0) is 43.9 Å². The maximum atomic E-state index is 6.20. The Morgan fingerprint density at radius 3 is 2.75 bits per heavy atom. The minimum Gasteiger partial charge on any atom is -0.494 e. The highest BCUT2D eigenvalue weighted by Gasteiger charge is 2.31. The average Bonchev–Trinajstić information content (AvgIpc) is 3.03. The molecular weight excluding hydrogens is 289 g/mol. The van der Waals surface area contributed by atoms with Crippen molar-refractivity contribution in [3.8, 4) is 5.75 Å². The zero-order chi connectivity index (χ0) is 10.8. The van der Waals surface area contributed by atoms with Gasteiger partial charge in [-0.2, -0.15) is 0 Å². The lowest BCUT2D eigenvalue weighted by Gasteiger charge is -2.16. The van der Waals surface area contributed by atoms with Gasteiger partial charge in [0.15, 0.2) is 0 Å². The number of halogens is 2. The molecule has 1 aromatic rings. The van der Waals surface area contributed by atoms with E-state index < -0.39 is 0 Å². The fraction of sp³-hybridized carbons (Fsp3) is 0.500. The predicted octanol–water partition coefficient (Wildman–Crippen LogP) is 3.68. The van der Waals surface area contributed by atoms with E-state index in [0.717, 1.165) is 15.8 Å². The first-order chi connectivity index (χ1) is 7.22. The summed E-state index contributed by atoms with van der Waals surface area (Å²) >= 11 is 3.47. The van der Waals surface area contributed by atoms with Gasteiger partial charge in [-0.25, -0.2) is 0 Å². The van der Waals surface area contributed by atoms with Crippen LogP contribution < -0.4 is 10.5 Å². The molecule has 1 aliphatic rings. The van der Waals surface area contributed by atoms with E-state index in [0.29, 0.717) is 12.5 Å². The molecule has 1 saturated carbocycles. The monoisotopic (exact) mass is 305 g/mol.